The minimum Gasteiger partial charge on any atom is -0.301 e. The van der Waals surface area contributed by atoms with Crippen molar-refractivity contribution in [3.63, 3.8) is 0 Å². The first kappa shape index (κ1) is 22.3. The van der Waals surface area contributed by atoms with Gasteiger partial charge in [0.2, 0.25) is 11.0 Å². The molecule has 1 amide bonds. The molecule has 1 aliphatic carbocycles. The summed E-state index contributed by atoms with van der Waals surface area (Å²) in [6.45, 7) is 6.35. The Morgan fingerprint density at radius 3 is 2.70 bits per heavy atom. The number of pyridine rings is 1. The first-order chi connectivity index (χ1) is 16.0. The maximum Gasteiger partial charge on any atom is 0.227 e. The lowest BCUT2D eigenvalue weighted by Gasteiger charge is -2.18. The molecular formula is C24H28N6OS2. The van der Waals surface area contributed by atoms with Crippen LogP contribution in [0.4, 0.5) is 5.13 Å². The van der Waals surface area contributed by atoms with Crippen LogP contribution in [0.25, 0.3) is 16.6 Å². The molecule has 3 heterocycles. The molecule has 172 valence electrons. The van der Waals surface area contributed by atoms with Gasteiger partial charge in [-0.3, -0.25) is 9.20 Å². The van der Waals surface area contributed by atoms with Gasteiger partial charge in [-0.1, -0.05) is 54.0 Å². The van der Waals surface area contributed by atoms with Crippen LogP contribution in [-0.4, -0.2) is 36.5 Å². The zero-order valence-electron chi connectivity index (χ0n) is 19.2. The Balaban J connectivity index is 1.26. The van der Waals surface area contributed by atoms with Gasteiger partial charge in [0, 0.05) is 23.5 Å². The van der Waals surface area contributed by atoms with Crippen molar-refractivity contribution in [1.82, 2.24) is 24.8 Å². The number of nitrogens with one attached hydrogen (secondary N) is 1. The van der Waals surface area contributed by atoms with Gasteiger partial charge in [0.25, 0.3) is 0 Å². The fraction of sp³-hybridized carbons (Fsp3) is 0.458. The highest BCUT2D eigenvalue weighted by molar-refractivity contribution is 7.99. The maximum absolute atomic E-state index is 12.5. The molecule has 9 heteroatoms. The summed E-state index contributed by atoms with van der Waals surface area (Å²) in [4.78, 5) is 12.5. The van der Waals surface area contributed by atoms with Crippen molar-refractivity contribution < 1.29 is 4.79 Å². The van der Waals surface area contributed by atoms with Crippen LogP contribution in [-0.2, 0) is 4.79 Å². The minimum absolute atomic E-state index is 0.0461. The van der Waals surface area contributed by atoms with Crippen molar-refractivity contribution in [2.24, 2.45) is 0 Å². The lowest BCUT2D eigenvalue weighted by molar-refractivity contribution is -0.115. The molecule has 5 rings (SSSR count). The molecule has 1 aromatic carbocycles. The Kier molecular flexibility index (Phi) is 6.34. The van der Waals surface area contributed by atoms with E-state index in [0.29, 0.717) is 23.2 Å². The number of benzene rings is 1. The average Bonchev–Trinajstić information content (AvgIpc) is 3.42. The van der Waals surface area contributed by atoms with Crippen molar-refractivity contribution in [1.29, 1.82) is 0 Å². The molecule has 0 saturated heterocycles. The first-order valence-electron chi connectivity index (χ1n) is 11.5. The summed E-state index contributed by atoms with van der Waals surface area (Å²) in [7, 11) is 0. The number of anilines is 1. The predicted octanol–water partition coefficient (Wildman–Crippen LogP) is 5.83. The Morgan fingerprint density at radius 1 is 1.06 bits per heavy atom. The molecule has 0 radical (unpaired) electrons. The van der Waals surface area contributed by atoms with Gasteiger partial charge < -0.3 is 5.32 Å². The lowest BCUT2D eigenvalue weighted by Crippen LogP contribution is -2.12. The van der Waals surface area contributed by atoms with E-state index in [1.54, 1.807) is 11.8 Å². The van der Waals surface area contributed by atoms with Crippen molar-refractivity contribution in [3.8, 4) is 0 Å². The van der Waals surface area contributed by atoms with Crippen molar-refractivity contribution in [2.75, 3.05) is 11.1 Å². The molecule has 0 atom stereocenters. The van der Waals surface area contributed by atoms with E-state index in [1.165, 1.54) is 65.5 Å². The third-order valence-corrected chi connectivity index (χ3v) is 8.23. The van der Waals surface area contributed by atoms with Gasteiger partial charge in [-0.25, -0.2) is 0 Å². The van der Waals surface area contributed by atoms with E-state index >= 15 is 0 Å². The number of carbonyl (C=O) groups excluding carboxylic acids is 1. The monoisotopic (exact) mass is 480 g/mol. The molecule has 1 N–H and O–H groups in total. The summed E-state index contributed by atoms with van der Waals surface area (Å²) >= 11 is 3.07. The summed E-state index contributed by atoms with van der Waals surface area (Å²) in [5, 5.41) is 23.9. The van der Waals surface area contributed by atoms with Crippen molar-refractivity contribution >= 4 is 50.7 Å². The molecule has 3 aromatic heterocycles. The second-order valence-corrected chi connectivity index (χ2v) is 11.0. The predicted molar refractivity (Wildman–Crippen MR) is 134 cm³/mol. The molecule has 0 spiro atoms. The van der Waals surface area contributed by atoms with Gasteiger partial charge in [-0.15, -0.1) is 20.4 Å². The van der Waals surface area contributed by atoms with Crippen LogP contribution >= 0.6 is 23.1 Å². The number of aryl methyl sites for hydroxylation is 3. The fourth-order valence-electron chi connectivity index (χ4n) is 4.72. The van der Waals surface area contributed by atoms with Crippen LogP contribution in [0.5, 0.6) is 0 Å². The number of nitrogens with zero attached hydrogens (tertiary/aromatic N) is 5. The molecule has 1 fully saturated rings. The van der Waals surface area contributed by atoms with Gasteiger partial charge in [0.05, 0.1) is 5.52 Å². The third-order valence-electron chi connectivity index (χ3n) is 6.30. The van der Waals surface area contributed by atoms with Gasteiger partial charge in [0.1, 0.15) is 5.01 Å². The second kappa shape index (κ2) is 9.38. The van der Waals surface area contributed by atoms with Crippen LogP contribution in [0.1, 0.15) is 66.1 Å². The molecule has 33 heavy (non-hydrogen) atoms. The maximum atomic E-state index is 12.5. The minimum atomic E-state index is -0.0461. The molecule has 0 unspecified atom stereocenters. The molecule has 4 aromatic rings. The van der Waals surface area contributed by atoms with Crippen LogP contribution in [0.2, 0.25) is 0 Å². The standard InChI is InChI=1S/C24H28N6OS2/c1-14-11-16(3)21-18(12-14)15(2)13-19-26-29-24(30(19)21)32-10-9-20(31)25-23-28-27-22(33-23)17-7-5-4-6-8-17/h11-13,17H,4-10H2,1-3H3,(H,25,28,31). The molecule has 1 aliphatic rings. The number of fused-ring (bicyclic) bond motifs is 3. The zero-order valence-corrected chi connectivity index (χ0v) is 20.9. The van der Waals surface area contributed by atoms with Crippen LogP contribution in [0.3, 0.4) is 0 Å². The van der Waals surface area contributed by atoms with E-state index in [0.717, 1.165) is 21.3 Å². The molecule has 0 bridgehead atoms. The number of carbonyl (C=O) groups is 1. The van der Waals surface area contributed by atoms with Gasteiger partial charge in [-0.05, 0) is 56.9 Å². The van der Waals surface area contributed by atoms with E-state index < -0.39 is 0 Å². The third kappa shape index (κ3) is 4.61. The Hall–Kier alpha value is -2.52. The molecular weight excluding hydrogens is 452 g/mol. The van der Waals surface area contributed by atoms with Crippen LogP contribution in [0, 0.1) is 20.8 Å². The summed E-state index contributed by atoms with van der Waals surface area (Å²) in [6, 6.07) is 6.47. The van der Waals surface area contributed by atoms with E-state index in [9.17, 15) is 4.79 Å². The summed E-state index contributed by atoms with van der Waals surface area (Å²) < 4.78 is 2.11. The van der Waals surface area contributed by atoms with E-state index in [4.69, 9.17) is 0 Å². The van der Waals surface area contributed by atoms with Crippen molar-refractivity contribution in [2.45, 2.75) is 70.4 Å². The molecule has 1 saturated carbocycles. The Labute approximate surface area is 201 Å². The zero-order chi connectivity index (χ0) is 22.9. The van der Waals surface area contributed by atoms with Gasteiger partial charge in [0.15, 0.2) is 10.8 Å². The van der Waals surface area contributed by atoms with Gasteiger partial charge >= 0.3 is 0 Å². The number of rotatable bonds is 6. The average molecular weight is 481 g/mol. The van der Waals surface area contributed by atoms with Gasteiger partial charge in [-0.2, -0.15) is 0 Å². The number of thioether (sulfide) groups is 1. The highest BCUT2D eigenvalue weighted by Gasteiger charge is 2.20. The Morgan fingerprint density at radius 2 is 1.88 bits per heavy atom. The quantitative estimate of drug-likeness (QED) is 0.350. The van der Waals surface area contributed by atoms with Crippen LogP contribution < -0.4 is 5.32 Å². The molecule has 0 aliphatic heterocycles. The van der Waals surface area contributed by atoms with Crippen molar-refractivity contribution in [3.05, 3.63) is 39.9 Å². The topological polar surface area (TPSA) is 85.1 Å². The summed E-state index contributed by atoms with van der Waals surface area (Å²) in [5.74, 6) is 1.07. The van der Waals surface area contributed by atoms with E-state index in [-0.39, 0.29) is 5.91 Å². The number of aromatic nitrogens is 5. The fourth-order valence-corrected chi connectivity index (χ4v) is 6.53. The summed E-state index contributed by atoms with van der Waals surface area (Å²) in [6.07, 6.45) is 6.56. The largest absolute Gasteiger partial charge is 0.301 e. The SMILES string of the molecule is Cc1cc(C)c2c(c1)c(C)cc1nnc(SCCC(=O)Nc3nnc(C4CCCCC4)s3)n12. The number of amides is 1. The number of hydrogen-bond donors (Lipinski definition) is 1. The highest BCUT2D eigenvalue weighted by atomic mass is 32.2. The first-order valence-corrected chi connectivity index (χ1v) is 13.3. The van der Waals surface area contributed by atoms with E-state index in [2.05, 4.69) is 69.1 Å². The van der Waals surface area contributed by atoms with E-state index in [1.807, 2.05) is 0 Å². The molecule has 7 nitrogen and oxygen atoms in total. The Bertz CT molecular complexity index is 1320. The smallest absolute Gasteiger partial charge is 0.227 e. The summed E-state index contributed by atoms with van der Waals surface area (Å²) in [5.41, 5.74) is 5.60. The van der Waals surface area contributed by atoms with Crippen LogP contribution in [0.15, 0.2) is 23.4 Å². The second-order valence-electron chi connectivity index (χ2n) is 8.91. The number of hydrogen-bond acceptors (Lipinski definition) is 7. The normalized spacial score (nSPS) is 14.9. The highest BCUT2D eigenvalue weighted by Crippen LogP contribution is 2.35. The lowest BCUT2D eigenvalue weighted by atomic mass is 9.90.